The standard InChI is InChI=1S/C19H17Cl2N3O3S2.BrH/c20-16-6-3-14(11-17(16)21)22-19-23-18(12-28-19)13-1-4-15(5-2-13)29(25,26)24-7-9-27-10-8-24;/h1-6,11-12H,7-10H2,(H,22,23);1H. The van der Waals surface area contributed by atoms with Crippen LogP contribution in [0.15, 0.2) is 52.7 Å². The first-order valence-electron chi connectivity index (χ1n) is 8.79. The van der Waals surface area contributed by atoms with Gasteiger partial charge in [0.2, 0.25) is 10.0 Å². The van der Waals surface area contributed by atoms with E-state index < -0.39 is 10.0 Å². The number of nitrogens with one attached hydrogen (secondary N) is 1. The summed E-state index contributed by atoms with van der Waals surface area (Å²) >= 11 is 13.4. The number of ether oxygens (including phenoxy) is 1. The number of aromatic nitrogens is 1. The first kappa shape index (κ1) is 23.5. The molecule has 1 N–H and O–H groups in total. The quantitative estimate of drug-likeness (QED) is 0.456. The zero-order chi connectivity index (χ0) is 20.4. The second-order valence-corrected chi connectivity index (χ2v) is 9.94. The molecule has 3 aromatic rings. The van der Waals surface area contributed by atoms with Gasteiger partial charge in [0.15, 0.2) is 5.13 Å². The number of halogens is 3. The highest BCUT2D eigenvalue weighted by atomic mass is 79.9. The maximum Gasteiger partial charge on any atom is 0.243 e. The normalized spacial score (nSPS) is 14.9. The molecule has 30 heavy (non-hydrogen) atoms. The van der Waals surface area contributed by atoms with Gasteiger partial charge in [-0.15, -0.1) is 28.3 Å². The number of thiazole rings is 1. The number of sulfonamides is 1. The van der Waals surface area contributed by atoms with Crippen molar-refractivity contribution in [3.63, 3.8) is 0 Å². The van der Waals surface area contributed by atoms with E-state index >= 15 is 0 Å². The van der Waals surface area contributed by atoms with Gasteiger partial charge in [-0.2, -0.15) is 4.31 Å². The fourth-order valence-corrected chi connectivity index (χ4v) is 5.34. The van der Waals surface area contributed by atoms with Crippen LogP contribution in [-0.2, 0) is 14.8 Å². The number of hydrogen-bond donors (Lipinski definition) is 1. The van der Waals surface area contributed by atoms with Crippen LogP contribution in [0.5, 0.6) is 0 Å². The Balaban J connectivity index is 0.00000256. The van der Waals surface area contributed by atoms with Crippen LogP contribution in [0.25, 0.3) is 11.3 Å². The molecule has 6 nitrogen and oxygen atoms in total. The Kier molecular flexibility index (Phi) is 7.78. The Morgan fingerprint density at radius 2 is 1.73 bits per heavy atom. The number of anilines is 2. The average Bonchev–Trinajstić information content (AvgIpc) is 3.20. The topological polar surface area (TPSA) is 71.5 Å². The van der Waals surface area contributed by atoms with Crippen molar-refractivity contribution in [3.8, 4) is 11.3 Å². The highest BCUT2D eigenvalue weighted by molar-refractivity contribution is 8.93. The summed E-state index contributed by atoms with van der Waals surface area (Å²) < 4.78 is 32.1. The molecule has 1 aromatic heterocycles. The van der Waals surface area contributed by atoms with Gasteiger partial charge in [0.25, 0.3) is 0 Å². The van der Waals surface area contributed by atoms with Crippen LogP contribution in [0.4, 0.5) is 10.8 Å². The van der Waals surface area contributed by atoms with Crippen LogP contribution in [0, 0.1) is 0 Å². The molecule has 160 valence electrons. The number of nitrogens with zero attached hydrogens (tertiary/aromatic N) is 2. The number of hydrogen-bond acceptors (Lipinski definition) is 6. The predicted octanol–water partition coefficient (Wildman–Crippen LogP) is 5.46. The number of morpholine rings is 1. The second-order valence-electron chi connectivity index (χ2n) is 6.33. The van der Waals surface area contributed by atoms with E-state index in [4.69, 9.17) is 27.9 Å². The Labute approximate surface area is 199 Å². The van der Waals surface area contributed by atoms with E-state index in [9.17, 15) is 8.42 Å². The highest BCUT2D eigenvalue weighted by Crippen LogP contribution is 2.31. The van der Waals surface area contributed by atoms with Crippen LogP contribution in [0.1, 0.15) is 0 Å². The van der Waals surface area contributed by atoms with Crippen LogP contribution in [-0.4, -0.2) is 44.0 Å². The molecule has 4 rings (SSSR count). The van der Waals surface area contributed by atoms with Crippen molar-refractivity contribution < 1.29 is 13.2 Å². The van der Waals surface area contributed by atoms with Crippen LogP contribution in [0.3, 0.4) is 0 Å². The van der Waals surface area contributed by atoms with Gasteiger partial charge in [0, 0.05) is 29.7 Å². The summed E-state index contributed by atoms with van der Waals surface area (Å²) in [5, 5.41) is 6.75. The van der Waals surface area contributed by atoms with Gasteiger partial charge in [0.05, 0.1) is 33.8 Å². The van der Waals surface area contributed by atoms with E-state index in [1.807, 2.05) is 11.4 Å². The zero-order valence-electron chi connectivity index (χ0n) is 15.5. The summed E-state index contributed by atoms with van der Waals surface area (Å²) in [7, 11) is -3.50. The Morgan fingerprint density at radius 1 is 1.03 bits per heavy atom. The molecule has 1 fully saturated rings. The molecule has 1 aliphatic rings. The van der Waals surface area contributed by atoms with Gasteiger partial charge >= 0.3 is 0 Å². The number of benzene rings is 2. The fourth-order valence-electron chi connectivity index (χ4n) is 2.89. The lowest BCUT2D eigenvalue weighted by molar-refractivity contribution is 0.0730. The van der Waals surface area contributed by atoms with Gasteiger partial charge < -0.3 is 10.1 Å². The molecule has 0 amide bonds. The van der Waals surface area contributed by atoms with E-state index in [-0.39, 0.29) is 21.9 Å². The lowest BCUT2D eigenvalue weighted by Crippen LogP contribution is -2.40. The van der Waals surface area contributed by atoms with Gasteiger partial charge in [-0.05, 0) is 30.3 Å². The molecule has 0 spiro atoms. The lowest BCUT2D eigenvalue weighted by atomic mass is 10.2. The molecule has 0 saturated carbocycles. The summed E-state index contributed by atoms with van der Waals surface area (Å²) in [5.41, 5.74) is 2.38. The first-order valence-corrected chi connectivity index (χ1v) is 11.9. The predicted molar refractivity (Wildman–Crippen MR) is 127 cm³/mol. The summed E-state index contributed by atoms with van der Waals surface area (Å²) in [6.07, 6.45) is 0. The summed E-state index contributed by atoms with van der Waals surface area (Å²) in [5.74, 6) is 0. The summed E-state index contributed by atoms with van der Waals surface area (Å²) in [4.78, 5) is 4.84. The van der Waals surface area contributed by atoms with Crippen molar-refractivity contribution in [2.45, 2.75) is 4.90 Å². The minimum absolute atomic E-state index is 0. The van der Waals surface area contributed by atoms with E-state index in [1.54, 1.807) is 36.4 Å². The molecule has 0 atom stereocenters. The molecule has 0 radical (unpaired) electrons. The minimum atomic E-state index is -3.50. The summed E-state index contributed by atoms with van der Waals surface area (Å²) in [6.45, 7) is 1.59. The molecule has 0 bridgehead atoms. The van der Waals surface area contributed by atoms with Crippen molar-refractivity contribution >= 4 is 72.4 Å². The fraction of sp³-hybridized carbons (Fsp3) is 0.211. The Bertz CT molecular complexity index is 1120. The molecule has 1 aliphatic heterocycles. The molecule has 0 aliphatic carbocycles. The Hall–Kier alpha value is -1.20. The van der Waals surface area contributed by atoms with E-state index in [2.05, 4.69) is 10.3 Å². The molecular weight excluding hydrogens is 533 g/mol. The summed E-state index contributed by atoms with van der Waals surface area (Å²) in [6, 6.07) is 12.0. The third-order valence-electron chi connectivity index (χ3n) is 4.43. The first-order chi connectivity index (χ1) is 13.9. The molecular formula is C19H18BrCl2N3O3S2. The third-order valence-corrected chi connectivity index (χ3v) is 7.84. The SMILES string of the molecule is Br.O=S(=O)(c1ccc(-c2csc(Nc3ccc(Cl)c(Cl)c3)n2)cc1)N1CCOCC1. The second kappa shape index (κ2) is 9.95. The van der Waals surface area contributed by atoms with Crippen LogP contribution in [0.2, 0.25) is 10.0 Å². The highest BCUT2D eigenvalue weighted by Gasteiger charge is 2.26. The van der Waals surface area contributed by atoms with Crippen molar-refractivity contribution in [1.82, 2.24) is 9.29 Å². The van der Waals surface area contributed by atoms with Gasteiger partial charge in [-0.25, -0.2) is 13.4 Å². The molecule has 1 saturated heterocycles. The molecule has 0 unspecified atom stereocenters. The van der Waals surface area contributed by atoms with E-state index in [1.165, 1.54) is 15.6 Å². The van der Waals surface area contributed by atoms with Gasteiger partial charge in [-0.3, -0.25) is 0 Å². The molecule has 2 heterocycles. The minimum Gasteiger partial charge on any atom is -0.379 e. The average molecular weight is 551 g/mol. The van der Waals surface area contributed by atoms with Gasteiger partial charge in [-0.1, -0.05) is 35.3 Å². The third kappa shape index (κ3) is 5.16. The van der Waals surface area contributed by atoms with Crippen molar-refractivity contribution in [1.29, 1.82) is 0 Å². The van der Waals surface area contributed by atoms with Crippen LogP contribution < -0.4 is 5.32 Å². The largest absolute Gasteiger partial charge is 0.379 e. The molecule has 11 heteroatoms. The van der Waals surface area contributed by atoms with Crippen molar-refractivity contribution in [2.24, 2.45) is 0 Å². The van der Waals surface area contributed by atoms with Crippen LogP contribution >= 0.6 is 51.5 Å². The monoisotopic (exact) mass is 549 g/mol. The van der Waals surface area contributed by atoms with E-state index in [0.29, 0.717) is 41.5 Å². The van der Waals surface area contributed by atoms with Gasteiger partial charge in [0.1, 0.15) is 0 Å². The van der Waals surface area contributed by atoms with E-state index in [0.717, 1.165) is 16.9 Å². The molecule has 2 aromatic carbocycles. The smallest absolute Gasteiger partial charge is 0.243 e. The lowest BCUT2D eigenvalue weighted by Gasteiger charge is -2.26. The van der Waals surface area contributed by atoms with Crippen molar-refractivity contribution in [3.05, 3.63) is 57.9 Å². The Morgan fingerprint density at radius 3 is 2.40 bits per heavy atom. The maximum absolute atomic E-state index is 12.7. The maximum atomic E-state index is 12.7. The zero-order valence-corrected chi connectivity index (χ0v) is 20.4. The number of rotatable bonds is 5. The van der Waals surface area contributed by atoms with Crippen molar-refractivity contribution in [2.75, 3.05) is 31.6 Å².